The molecule has 0 spiro atoms. The molecule has 1 aliphatic rings. The predicted molar refractivity (Wildman–Crippen MR) is 143 cm³/mol. The van der Waals surface area contributed by atoms with Crippen LogP contribution in [0.25, 0.3) is 0 Å². The number of aromatic nitrogens is 2. The first-order chi connectivity index (χ1) is 17.8. The number of hydrogen-bond acceptors (Lipinski definition) is 6. The molecule has 4 aromatic rings. The Balaban J connectivity index is 1.47. The largest absolute Gasteiger partial charge is 0.336 e. The normalized spacial score (nSPS) is 13.2. The van der Waals surface area contributed by atoms with Gasteiger partial charge in [0.2, 0.25) is 5.95 Å². The zero-order chi connectivity index (χ0) is 26.0. The second-order valence-corrected chi connectivity index (χ2v) is 11.1. The van der Waals surface area contributed by atoms with E-state index in [0.717, 1.165) is 24.1 Å². The van der Waals surface area contributed by atoms with Gasteiger partial charge in [-0.25, -0.2) is 23.1 Å². The lowest BCUT2D eigenvalue weighted by Gasteiger charge is -2.29. The average molecular weight is 533 g/mol. The number of nitrogens with zero attached hydrogens (tertiary/aromatic N) is 3. The molecule has 1 amide bonds. The minimum atomic E-state index is -4.07. The number of anilines is 1. The molecule has 3 aromatic carbocycles. The number of carbonyl (C=O) groups is 1. The van der Waals surface area contributed by atoms with Crippen LogP contribution >= 0.6 is 11.6 Å². The van der Waals surface area contributed by atoms with Gasteiger partial charge in [0.15, 0.2) is 0 Å². The van der Waals surface area contributed by atoms with E-state index in [1.807, 2.05) is 31.2 Å². The van der Waals surface area contributed by atoms with Gasteiger partial charge in [-0.15, -0.1) is 0 Å². The average Bonchev–Trinajstić information content (AvgIpc) is 2.88. The third-order valence-corrected chi connectivity index (χ3v) is 7.91. The van der Waals surface area contributed by atoms with Crippen LogP contribution in [0.3, 0.4) is 0 Å². The SMILES string of the molecule is Cc1ccc(S(=O)(=O)NC(=O)c2cnc(N3CCc4ccccc4C3)nc2Cc2cccc(Cl)c2)cc1. The zero-order valence-electron chi connectivity index (χ0n) is 20.2. The topological polar surface area (TPSA) is 92.3 Å². The van der Waals surface area contributed by atoms with Crippen LogP contribution in [0.1, 0.15) is 38.3 Å². The number of aryl methyl sites for hydroxylation is 1. The van der Waals surface area contributed by atoms with Gasteiger partial charge >= 0.3 is 0 Å². The van der Waals surface area contributed by atoms with Gasteiger partial charge in [0.1, 0.15) is 0 Å². The van der Waals surface area contributed by atoms with Crippen LogP contribution in [0.2, 0.25) is 5.02 Å². The summed E-state index contributed by atoms with van der Waals surface area (Å²) in [5.74, 6) is -0.294. The number of sulfonamides is 1. The molecule has 9 heteroatoms. The molecule has 0 bridgehead atoms. The summed E-state index contributed by atoms with van der Waals surface area (Å²) in [7, 11) is -4.07. The molecule has 0 fully saturated rings. The number of carbonyl (C=O) groups excluding carboxylic acids is 1. The first-order valence-corrected chi connectivity index (χ1v) is 13.7. The van der Waals surface area contributed by atoms with Gasteiger partial charge in [-0.1, -0.05) is 65.7 Å². The summed E-state index contributed by atoms with van der Waals surface area (Å²) < 4.78 is 27.9. The van der Waals surface area contributed by atoms with Gasteiger partial charge in [0, 0.05) is 30.7 Å². The second-order valence-electron chi connectivity index (χ2n) is 9.03. The van der Waals surface area contributed by atoms with Crippen molar-refractivity contribution in [2.45, 2.75) is 31.2 Å². The van der Waals surface area contributed by atoms with Crippen LogP contribution in [-0.2, 0) is 29.4 Å². The van der Waals surface area contributed by atoms with Crippen LogP contribution in [0, 0.1) is 6.92 Å². The second kappa shape index (κ2) is 10.3. The van der Waals surface area contributed by atoms with Crippen molar-refractivity contribution in [3.63, 3.8) is 0 Å². The van der Waals surface area contributed by atoms with Crippen molar-refractivity contribution in [2.75, 3.05) is 11.4 Å². The lowest BCUT2D eigenvalue weighted by Crippen LogP contribution is -2.34. The van der Waals surface area contributed by atoms with Crippen LogP contribution in [0.5, 0.6) is 0 Å². The Labute approximate surface area is 221 Å². The Bertz CT molecular complexity index is 1570. The van der Waals surface area contributed by atoms with Crippen LogP contribution < -0.4 is 9.62 Å². The Morgan fingerprint density at radius 3 is 2.54 bits per heavy atom. The van der Waals surface area contributed by atoms with E-state index in [2.05, 4.69) is 26.7 Å². The molecule has 0 atom stereocenters. The molecule has 1 N–H and O–H groups in total. The van der Waals surface area contributed by atoms with Crippen molar-refractivity contribution in [2.24, 2.45) is 0 Å². The van der Waals surface area contributed by atoms with Gasteiger partial charge in [0.25, 0.3) is 15.9 Å². The molecule has 188 valence electrons. The van der Waals surface area contributed by atoms with Crippen molar-refractivity contribution < 1.29 is 13.2 Å². The lowest BCUT2D eigenvalue weighted by atomic mass is 10.0. The van der Waals surface area contributed by atoms with Gasteiger partial charge in [0.05, 0.1) is 16.2 Å². The monoisotopic (exact) mass is 532 g/mol. The molecule has 0 radical (unpaired) electrons. The maximum Gasteiger partial charge on any atom is 0.268 e. The van der Waals surface area contributed by atoms with Crippen molar-refractivity contribution >= 4 is 33.5 Å². The van der Waals surface area contributed by atoms with Crippen molar-refractivity contribution in [1.82, 2.24) is 14.7 Å². The van der Waals surface area contributed by atoms with Crippen LogP contribution in [0.15, 0.2) is 83.9 Å². The summed E-state index contributed by atoms with van der Waals surface area (Å²) >= 11 is 6.18. The summed E-state index contributed by atoms with van der Waals surface area (Å²) in [6, 6.07) is 21.8. The van der Waals surface area contributed by atoms with Crippen LogP contribution in [0.4, 0.5) is 5.95 Å². The highest BCUT2D eigenvalue weighted by atomic mass is 35.5. The number of nitrogens with one attached hydrogen (secondary N) is 1. The Hall–Kier alpha value is -3.75. The number of benzene rings is 3. The Morgan fingerprint density at radius 1 is 1.03 bits per heavy atom. The minimum absolute atomic E-state index is 0.00682. The number of fused-ring (bicyclic) bond motifs is 1. The highest BCUT2D eigenvalue weighted by Gasteiger charge is 2.24. The maximum atomic E-state index is 13.2. The first kappa shape index (κ1) is 24.9. The summed E-state index contributed by atoms with van der Waals surface area (Å²) in [5, 5.41) is 0.562. The molecule has 5 rings (SSSR count). The molecular weight excluding hydrogens is 508 g/mol. The molecule has 1 aromatic heterocycles. The van der Waals surface area contributed by atoms with Crippen LogP contribution in [-0.4, -0.2) is 30.8 Å². The number of halogens is 1. The van der Waals surface area contributed by atoms with Crippen molar-refractivity contribution in [3.8, 4) is 0 Å². The fraction of sp³-hybridized carbons (Fsp3) is 0.179. The molecule has 0 saturated heterocycles. The third-order valence-electron chi connectivity index (χ3n) is 6.33. The molecule has 0 unspecified atom stereocenters. The molecular formula is C28H25ClN4O3S. The summed E-state index contributed by atoms with van der Waals surface area (Å²) in [4.78, 5) is 24.5. The highest BCUT2D eigenvalue weighted by Crippen LogP contribution is 2.24. The molecule has 0 aliphatic carbocycles. The molecule has 37 heavy (non-hydrogen) atoms. The fourth-order valence-corrected chi connectivity index (χ4v) is 5.52. The van der Waals surface area contributed by atoms with Gasteiger partial charge in [-0.05, 0) is 54.3 Å². The molecule has 2 heterocycles. The van der Waals surface area contributed by atoms with Gasteiger partial charge < -0.3 is 4.90 Å². The molecule has 7 nitrogen and oxygen atoms in total. The van der Waals surface area contributed by atoms with E-state index >= 15 is 0 Å². The Morgan fingerprint density at radius 2 is 1.78 bits per heavy atom. The van der Waals surface area contributed by atoms with E-state index in [9.17, 15) is 13.2 Å². The number of rotatable bonds is 6. The van der Waals surface area contributed by atoms with Crippen molar-refractivity contribution in [1.29, 1.82) is 0 Å². The number of hydrogen-bond donors (Lipinski definition) is 1. The maximum absolute atomic E-state index is 13.2. The van der Waals surface area contributed by atoms with E-state index < -0.39 is 15.9 Å². The standard InChI is InChI=1S/C28H25ClN4O3S/c1-19-9-11-24(12-10-19)37(35,36)32-27(34)25-17-30-28(31-26(25)16-20-5-4-8-23(29)15-20)33-14-13-21-6-2-3-7-22(21)18-33/h2-12,15,17H,13-14,16,18H2,1H3,(H,32,34). The summed E-state index contributed by atoms with van der Waals surface area (Å²) in [5.41, 5.74) is 4.78. The van der Waals surface area contributed by atoms with Gasteiger partial charge in [-0.3, -0.25) is 4.79 Å². The van der Waals surface area contributed by atoms with E-state index in [-0.39, 0.29) is 16.9 Å². The highest BCUT2D eigenvalue weighted by molar-refractivity contribution is 7.90. The molecule has 1 aliphatic heterocycles. The summed E-state index contributed by atoms with van der Waals surface area (Å²) in [6.45, 7) is 3.25. The van der Waals surface area contributed by atoms with E-state index in [1.165, 1.54) is 29.5 Å². The minimum Gasteiger partial charge on any atom is -0.336 e. The first-order valence-electron chi connectivity index (χ1n) is 11.8. The fourth-order valence-electron chi connectivity index (χ4n) is 4.34. The number of amides is 1. The predicted octanol–water partition coefficient (Wildman–Crippen LogP) is 4.71. The summed E-state index contributed by atoms with van der Waals surface area (Å²) in [6.07, 6.45) is 2.55. The van der Waals surface area contributed by atoms with Crippen molar-refractivity contribution in [3.05, 3.63) is 118 Å². The lowest BCUT2D eigenvalue weighted by molar-refractivity contribution is 0.0980. The van der Waals surface area contributed by atoms with Gasteiger partial charge in [-0.2, -0.15) is 0 Å². The smallest absolute Gasteiger partial charge is 0.268 e. The molecule has 0 saturated carbocycles. The zero-order valence-corrected chi connectivity index (χ0v) is 21.8. The quantitative estimate of drug-likeness (QED) is 0.386. The third kappa shape index (κ3) is 5.65. The van der Waals surface area contributed by atoms with E-state index in [0.29, 0.717) is 23.2 Å². The van der Waals surface area contributed by atoms with E-state index in [1.54, 1.807) is 24.3 Å². The Kier molecular flexibility index (Phi) is 6.95. The van der Waals surface area contributed by atoms with E-state index in [4.69, 9.17) is 16.6 Å².